The number of hydrogen-bond donors (Lipinski definition) is 1. The van der Waals surface area contributed by atoms with Crippen molar-refractivity contribution in [1.82, 2.24) is 10.3 Å². The fourth-order valence-electron chi connectivity index (χ4n) is 2.18. The predicted molar refractivity (Wildman–Crippen MR) is 80.1 cm³/mol. The second-order valence-electron chi connectivity index (χ2n) is 5.79. The van der Waals surface area contributed by atoms with Crippen LogP contribution >= 0.6 is 0 Å². The topological polar surface area (TPSA) is 24.9 Å². The van der Waals surface area contributed by atoms with Gasteiger partial charge >= 0.3 is 0 Å². The molecule has 2 rings (SSSR count). The molecular formula is C17H21FN2. The van der Waals surface area contributed by atoms with Crippen molar-refractivity contribution in [2.45, 2.75) is 32.2 Å². The Balaban J connectivity index is 2.01. The monoisotopic (exact) mass is 272 g/mol. The molecule has 0 aliphatic heterocycles. The standard InChI is InChI=1S/C17H21FN2/c1-13(14-9-16(18)11-19-10-14)20-12-17(2,3)15-7-5-4-6-8-15/h4-11,13,20H,12H2,1-3H3. The molecule has 2 nitrogen and oxygen atoms in total. The number of nitrogens with one attached hydrogen (secondary N) is 1. The van der Waals surface area contributed by atoms with Gasteiger partial charge in [-0.2, -0.15) is 0 Å². The van der Waals surface area contributed by atoms with Gasteiger partial charge in [0.2, 0.25) is 0 Å². The van der Waals surface area contributed by atoms with Gasteiger partial charge in [0.15, 0.2) is 0 Å². The quantitative estimate of drug-likeness (QED) is 0.894. The highest BCUT2D eigenvalue weighted by atomic mass is 19.1. The Kier molecular flexibility index (Phi) is 4.50. The van der Waals surface area contributed by atoms with Gasteiger partial charge in [0, 0.05) is 24.2 Å². The predicted octanol–water partition coefficient (Wildman–Crippen LogP) is 3.85. The molecule has 0 amide bonds. The van der Waals surface area contributed by atoms with E-state index in [1.165, 1.54) is 17.8 Å². The zero-order valence-electron chi connectivity index (χ0n) is 12.2. The van der Waals surface area contributed by atoms with E-state index in [1.807, 2.05) is 13.0 Å². The maximum absolute atomic E-state index is 13.2. The van der Waals surface area contributed by atoms with E-state index in [0.29, 0.717) is 0 Å². The van der Waals surface area contributed by atoms with Gasteiger partial charge in [-0.3, -0.25) is 4.98 Å². The molecule has 1 atom stereocenters. The molecule has 0 fully saturated rings. The molecule has 1 unspecified atom stereocenters. The number of pyridine rings is 1. The van der Waals surface area contributed by atoms with Crippen LogP contribution in [0.1, 0.15) is 37.9 Å². The van der Waals surface area contributed by atoms with Crippen molar-refractivity contribution < 1.29 is 4.39 Å². The average molecular weight is 272 g/mol. The molecule has 20 heavy (non-hydrogen) atoms. The zero-order valence-corrected chi connectivity index (χ0v) is 12.2. The van der Waals surface area contributed by atoms with Gasteiger partial charge in [0.25, 0.3) is 0 Å². The Hall–Kier alpha value is -1.74. The first-order valence-electron chi connectivity index (χ1n) is 6.88. The molecule has 0 radical (unpaired) electrons. The third-order valence-corrected chi connectivity index (χ3v) is 3.63. The second-order valence-corrected chi connectivity index (χ2v) is 5.79. The number of benzene rings is 1. The summed E-state index contributed by atoms with van der Waals surface area (Å²) in [5.74, 6) is -0.293. The van der Waals surface area contributed by atoms with Crippen molar-refractivity contribution in [2.75, 3.05) is 6.54 Å². The highest BCUT2D eigenvalue weighted by molar-refractivity contribution is 5.24. The fourth-order valence-corrected chi connectivity index (χ4v) is 2.18. The van der Waals surface area contributed by atoms with E-state index in [0.717, 1.165) is 12.1 Å². The molecular weight excluding hydrogens is 251 g/mol. The van der Waals surface area contributed by atoms with Crippen LogP contribution in [-0.4, -0.2) is 11.5 Å². The molecule has 0 saturated heterocycles. The van der Waals surface area contributed by atoms with Crippen molar-refractivity contribution in [3.8, 4) is 0 Å². The average Bonchev–Trinajstić information content (AvgIpc) is 2.46. The minimum atomic E-state index is -0.293. The van der Waals surface area contributed by atoms with E-state index in [-0.39, 0.29) is 17.3 Å². The molecule has 1 aromatic carbocycles. The van der Waals surface area contributed by atoms with E-state index >= 15 is 0 Å². The molecule has 3 heteroatoms. The summed E-state index contributed by atoms with van der Waals surface area (Å²) in [6.07, 6.45) is 2.93. The molecule has 1 N–H and O–H groups in total. The first-order valence-corrected chi connectivity index (χ1v) is 6.88. The fraction of sp³-hybridized carbons (Fsp3) is 0.353. The first-order chi connectivity index (χ1) is 9.49. The maximum atomic E-state index is 13.2. The largest absolute Gasteiger partial charge is 0.309 e. The zero-order chi connectivity index (χ0) is 14.6. The minimum Gasteiger partial charge on any atom is -0.309 e. The van der Waals surface area contributed by atoms with E-state index in [1.54, 1.807) is 6.20 Å². The first kappa shape index (κ1) is 14.7. The van der Waals surface area contributed by atoms with Crippen LogP contribution in [0.3, 0.4) is 0 Å². The molecule has 0 aliphatic rings. The maximum Gasteiger partial charge on any atom is 0.141 e. The molecule has 0 aliphatic carbocycles. The van der Waals surface area contributed by atoms with Gasteiger partial charge in [0.05, 0.1) is 6.20 Å². The number of hydrogen-bond acceptors (Lipinski definition) is 2. The van der Waals surface area contributed by atoms with Gasteiger partial charge in [-0.05, 0) is 24.1 Å². The van der Waals surface area contributed by atoms with Crippen LogP contribution in [0, 0.1) is 5.82 Å². The number of aromatic nitrogens is 1. The van der Waals surface area contributed by atoms with E-state index < -0.39 is 0 Å². The molecule has 0 saturated carbocycles. The highest BCUT2D eigenvalue weighted by Crippen LogP contribution is 2.23. The van der Waals surface area contributed by atoms with Crippen LogP contribution in [0.2, 0.25) is 0 Å². The van der Waals surface area contributed by atoms with Gasteiger partial charge in [-0.25, -0.2) is 4.39 Å². The Labute approximate surface area is 120 Å². The molecule has 1 aromatic heterocycles. The van der Waals surface area contributed by atoms with Gasteiger partial charge in [-0.1, -0.05) is 44.2 Å². The summed E-state index contributed by atoms with van der Waals surface area (Å²) in [6.45, 7) is 7.24. The summed E-state index contributed by atoms with van der Waals surface area (Å²) in [7, 11) is 0. The van der Waals surface area contributed by atoms with E-state index in [9.17, 15) is 4.39 Å². The van der Waals surface area contributed by atoms with Crippen LogP contribution < -0.4 is 5.32 Å². The Morgan fingerprint density at radius 1 is 1.20 bits per heavy atom. The van der Waals surface area contributed by atoms with Crippen LogP contribution in [0.15, 0.2) is 48.8 Å². The number of nitrogens with zero attached hydrogens (tertiary/aromatic N) is 1. The van der Waals surface area contributed by atoms with Crippen molar-refractivity contribution in [1.29, 1.82) is 0 Å². The highest BCUT2D eigenvalue weighted by Gasteiger charge is 2.21. The summed E-state index contributed by atoms with van der Waals surface area (Å²) >= 11 is 0. The lowest BCUT2D eigenvalue weighted by molar-refractivity contribution is 0.434. The summed E-state index contributed by atoms with van der Waals surface area (Å²) in [6, 6.07) is 12.0. The third kappa shape index (κ3) is 3.64. The second kappa shape index (κ2) is 6.14. The Morgan fingerprint density at radius 2 is 1.90 bits per heavy atom. The molecule has 1 heterocycles. The lowest BCUT2D eigenvalue weighted by atomic mass is 9.84. The van der Waals surface area contributed by atoms with Crippen LogP contribution in [0.5, 0.6) is 0 Å². The van der Waals surface area contributed by atoms with E-state index in [2.05, 4.69) is 48.4 Å². The summed E-state index contributed by atoms with van der Waals surface area (Å²) in [4.78, 5) is 3.89. The summed E-state index contributed by atoms with van der Waals surface area (Å²) in [5, 5.41) is 3.46. The third-order valence-electron chi connectivity index (χ3n) is 3.63. The molecule has 0 bridgehead atoms. The van der Waals surface area contributed by atoms with Crippen molar-refractivity contribution >= 4 is 0 Å². The van der Waals surface area contributed by atoms with Crippen molar-refractivity contribution in [3.63, 3.8) is 0 Å². The van der Waals surface area contributed by atoms with Crippen molar-refractivity contribution in [2.24, 2.45) is 0 Å². The Morgan fingerprint density at radius 3 is 2.55 bits per heavy atom. The minimum absolute atomic E-state index is 0.0241. The lowest BCUT2D eigenvalue weighted by Crippen LogP contribution is -2.34. The number of halogens is 1. The van der Waals surface area contributed by atoms with Gasteiger partial charge in [0.1, 0.15) is 5.82 Å². The van der Waals surface area contributed by atoms with Crippen LogP contribution in [-0.2, 0) is 5.41 Å². The van der Waals surface area contributed by atoms with Gasteiger partial charge < -0.3 is 5.32 Å². The molecule has 106 valence electrons. The molecule has 2 aromatic rings. The Bertz CT molecular complexity index is 552. The summed E-state index contributed by atoms with van der Waals surface area (Å²) in [5.41, 5.74) is 2.18. The van der Waals surface area contributed by atoms with Crippen molar-refractivity contribution in [3.05, 3.63) is 65.7 Å². The normalized spacial score (nSPS) is 13.2. The number of rotatable bonds is 5. The van der Waals surface area contributed by atoms with Crippen LogP contribution in [0.25, 0.3) is 0 Å². The SMILES string of the molecule is CC(NCC(C)(C)c1ccccc1)c1cncc(F)c1. The smallest absolute Gasteiger partial charge is 0.141 e. The summed E-state index contributed by atoms with van der Waals surface area (Å²) < 4.78 is 13.2. The van der Waals surface area contributed by atoms with Crippen LogP contribution in [0.4, 0.5) is 4.39 Å². The van der Waals surface area contributed by atoms with E-state index in [4.69, 9.17) is 0 Å². The molecule has 0 spiro atoms. The lowest BCUT2D eigenvalue weighted by Gasteiger charge is -2.28. The van der Waals surface area contributed by atoms with Gasteiger partial charge in [-0.15, -0.1) is 0 Å².